The molecular weight excluding hydrogens is 921 g/mol. The van der Waals surface area contributed by atoms with Crippen LogP contribution >= 0.6 is 0 Å². The predicted octanol–water partition coefficient (Wildman–Crippen LogP) is 16.6. The lowest BCUT2D eigenvalue weighted by atomic mass is 9.82. The normalized spacial score (nSPS) is 15.7. The molecule has 2 heterocycles. The number of rotatable bonds is 5. The van der Waals surface area contributed by atoms with Gasteiger partial charge in [-0.15, -0.1) is 0 Å². The maximum absolute atomic E-state index is 14.8. The van der Waals surface area contributed by atoms with Crippen LogP contribution in [0.5, 0.6) is 0 Å². The zero-order valence-electron chi connectivity index (χ0n) is 43.5. The van der Waals surface area contributed by atoms with Gasteiger partial charge in [0.05, 0.1) is 41.2 Å². The van der Waals surface area contributed by atoms with Gasteiger partial charge >= 0.3 is 0 Å². The molecule has 0 amide bonds. The van der Waals surface area contributed by atoms with E-state index in [0.29, 0.717) is 53.0 Å². The molecule has 0 fully saturated rings. The van der Waals surface area contributed by atoms with Crippen LogP contribution in [0.25, 0.3) is 55.6 Å². The zero-order chi connectivity index (χ0) is 51.4. The lowest BCUT2D eigenvalue weighted by molar-refractivity contribution is 0.102. The van der Waals surface area contributed by atoms with Gasteiger partial charge in [-0.25, -0.2) is 8.42 Å². The molecule has 0 saturated carbocycles. The summed E-state index contributed by atoms with van der Waals surface area (Å²) in [4.78, 5) is 31.4. The van der Waals surface area contributed by atoms with Crippen molar-refractivity contribution in [3.8, 4) is 55.6 Å². The van der Waals surface area contributed by atoms with Crippen LogP contribution in [0.2, 0.25) is 0 Å². The largest absolute Gasteiger partial charge is 0.289 e. The molecule has 0 aromatic heterocycles. The van der Waals surface area contributed by atoms with E-state index in [4.69, 9.17) is 0 Å². The highest BCUT2D eigenvalue weighted by molar-refractivity contribution is 7.85. The van der Waals surface area contributed by atoms with Crippen molar-refractivity contribution in [3.05, 3.63) is 202 Å². The summed E-state index contributed by atoms with van der Waals surface area (Å²) in [5.41, 5.74) is 15.6. The first-order valence-corrected chi connectivity index (χ1v) is 27.2. The van der Waals surface area contributed by atoms with Gasteiger partial charge in [-0.2, -0.15) is 0 Å². The Morgan fingerprint density at radius 3 is 0.792 bits per heavy atom. The van der Waals surface area contributed by atoms with Gasteiger partial charge in [-0.1, -0.05) is 192 Å². The number of benzene rings is 8. The lowest BCUT2D eigenvalue weighted by Gasteiger charge is -2.24. The maximum Gasteiger partial charge on any atom is 0.195 e. The van der Waals surface area contributed by atoms with Crippen molar-refractivity contribution in [2.45, 2.75) is 124 Å². The highest BCUT2D eigenvalue weighted by Gasteiger charge is 2.33. The Labute approximate surface area is 430 Å². The molecule has 0 spiro atoms. The van der Waals surface area contributed by atoms with E-state index in [2.05, 4.69) is 168 Å². The Balaban J connectivity index is 1.00. The first-order chi connectivity index (χ1) is 33.9. The van der Waals surface area contributed by atoms with E-state index >= 15 is 0 Å². The molecule has 2 aliphatic heterocycles. The monoisotopic (exact) mass is 982 g/mol. The second kappa shape index (κ2) is 17.6. The fourth-order valence-electron chi connectivity index (χ4n) is 10.00. The molecule has 0 N–H and O–H groups in total. The van der Waals surface area contributed by atoms with Gasteiger partial charge in [0.2, 0.25) is 0 Å². The first kappa shape index (κ1) is 49.0. The minimum absolute atomic E-state index is 0.0162. The molecule has 0 saturated heterocycles. The van der Waals surface area contributed by atoms with Crippen LogP contribution in [-0.2, 0) is 43.3 Å². The molecule has 8 aromatic carbocycles. The van der Waals surface area contributed by atoms with Gasteiger partial charge in [0.15, 0.2) is 11.6 Å². The molecule has 6 heteroatoms. The van der Waals surface area contributed by atoms with Crippen molar-refractivity contribution in [1.82, 2.24) is 0 Å². The number of ketones is 2. The Bertz CT molecular complexity index is 3360. The molecule has 0 aliphatic carbocycles. The summed E-state index contributed by atoms with van der Waals surface area (Å²) in [7, 11) is -3.22. The minimum atomic E-state index is -1.61. The first-order valence-electron chi connectivity index (χ1n) is 24.9. The number of fused-ring (bicyclic) bond motifs is 4. The van der Waals surface area contributed by atoms with Crippen LogP contribution in [0.1, 0.15) is 137 Å². The summed E-state index contributed by atoms with van der Waals surface area (Å²) in [6.45, 7) is 26.4. The molecule has 0 bridgehead atoms. The summed E-state index contributed by atoms with van der Waals surface area (Å²) < 4.78 is 28.7. The van der Waals surface area contributed by atoms with E-state index in [9.17, 15) is 18.0 Å². The van der Waals surface area contributed by atoms with Crippen LogP contribution < -0.4 is 0 Å². The SMILES string of the molecule is CC(C)(C)c1ccc(-c2ccc(C(C)(C)C)cc2-c2ccc3c(c2)C(=O)c2cc(-c4ccc5c(c4)C(=O)c4cc(-c6cc(C(C)(C)C)ccc6-c6ccc(C(C)(C)C)cc6)ccc4S5=O)ccc2S3=O)cc1. The van der Waals surface area contributed by atoms with E-state index in [1.54, 1.807) is 24.3 Å². The predicted molar refractivity (Wildman–Crippen MR) is 298 cm³/mol. The minimum Gasteiger partial charge on any atom is -0.289 e. The van der Waals surface area contributed by atoms with Crippen LogP contribution in [0.15, 0.2) is 177 Å². The molecule has 362 valence electrons. The Morgan fingerprint density at radius 2 is 0.500 bits per heavy atom. The summed E-state index contributed by atoms with van der Waals surface area (Å²) in [6.07, 6.45) is 0. The lowest BCUT2D eigenvalue weighted by Crippen LogP contribution is -2.17. The Hall–Kier alpha value is -6.60. The van der Waals surface area contributed by atoms with Gasteiger partial charge in [0.1, 0.15) is 0 Å². The van der Waals surface area contributed by atoms with Crippen molar-refractivity contribution in [2.75, 3.05) is 0 Å². The van der Waals surface area contributed by atoms with Gasteiger partial charge in [-0.05, 0) is 148 Å². The topological polar surface area (TPSA) is 68.3 Å². The van der Waals surface area contributed by atoms with Crippen LogP contribution in [-0.4, -0.2) is 20.0 Å². The Kier molecular flexibility index (Phi) is 12.0. The average Bonchev–Trinajstić information content (AvgIpc) is 3.35. The van der Waals surface area contributed by atoms with Gasteiger partial charge in [-0.3, -0.25) is 9.59 Å². The third-order valence-corrected chi connectivity index (χ3v) is 17.6. The number of carbonyl (C=O) groups is 2. The quantitative estimate of drug-likeness (QED) is 0.172. The second-order valence-electron chi connectivity index (χ2n) is 23.7. The second-order valence-corrected chi connectivity index (χ2v) is 26.5. The smallest absolute Gasteiger partial charge is 0.195 e. The molecule has 2 atom stereocenters. The van der Waals surface area contributed by atoms with E-state index in [-0.39, 0.29) is 33.2 Å². The number of carbonyl (C=O) groups excluding carboxylic acids is 2. The number of hydrogen-bond acceptors (Lipinski definition) is 4. The van der Waals surface area contributed by atoms with Crippen LogP contribution in [0.4, 0.5) is 0 Å². The highest BCUT2D eigenvalue weighted by Crippen LogP contribution is 2.44. The van der Waals surface area contributed by atoms with Crippen LogP contribution in [0, 0.1) is 0 Å². The van der Waals surface area contributed by atoms with Crippen molar-refractivity contribution < 1.29 is 18.0 Å². The molecule has 72 heavy (non-hydrogen) atoms. The van der Waals surface area contributed by atoms with E-state index in [1.807, 2.05) is 48.5 Å². The van der Waals surface area contributed by atoms with Gasteiger partial charge in [0, 0.05) is 22.3 Å². The van der Waals surface area contributed by atoms with E-state index in [0.717, 1.165) is 44.5 Å². The van der Waals surface area contributed by atoms with Crippen molar-refractivity contribution in [2.24, 2.45) is 0 Å². The van der Waals surface area contributed by atoms with E-state index in [1.165, 1.54) is 22.3 Å². The third kappa shape index (κ3) is 8.81. The van der Waals surface area contributed by atoms with Crippen molar-refractivity contribution in [1.29, 1.82) is 0 Å². The zero-order valence-corrected chi connectivity index (χ0v) is 45.1. The molecule has 2 aliphatic rings. The van der Waals surface area contributed by atoms with Crippen molar-refractivity contribution in [3.63, 3.8) is 0 Å². The Morgan fingerprint density at radius 1 is 0.250 bits per heavy atom. The summed E-state index contributed by atoms with van der Waals surface area (Å²) in [5.74, 6) is -0.411. The molecule has 10 rings (SSSR count). The van der Waals surface area contributed by atoms with Crippen LogP contribution in [0.3, 0.4) is 0 Å². The van der Waals surface area contributed by atoms with E-state index < -0.39 is 21.6 Å². The summed E-state index contributed by atoms with van der Waals surface area (Å²) in [5, 5.41) is 0. The van der Waals surface area contributed by atoms with Crippen molar-refractivity contribution >= 4 is 33.2 Å². The van der Waals surface area contributed by atoms with Gasteiger partial charge < -0.3 is 0 Å². The standard InChI is InChI=1S/C66H62O4S2/c1-63(2,3)45-21-13-39(14-22-45)49-27-25-47(65(7,8)9)37-51(49)43-19-31-59-55(35-43)61(67)53-33-41(17-29-57(53)71(59)69)42-18-30-58-54(34-42)62(68)56-36-44(20-32-60(56)72(58)70)52-38-48(66(10,11)12)26-28-50(52)40-15-23-46(24-16-40)64(4,5)6/h13-38H,1-12H3. The molecule has 8 aromatic rings. The van der Waals surface area contributed by atoms with Gasteiger partial charge in [0.25, 0.3) is 0 Å². The average molecular weight is 983 g/mol. The molecular formula is C66H62O4S2. The maximum atomic E-state index is 14.8. The molecule has 0 radical (unpaired) electrons. The fourth-order valence-corrected chi connectivity index (χ4v) is 12.6. The molecule has 2 unspecified atom stereocenters. The number of hydrogen-bond donors (Lipinski definition) is 0. The molecule has 4 nitrogen and oxygen atoms in total. The highest BCUT2D eigenvalue weighted by atomic mass is 32.2. The fraction of sp³-hybridized carbons (Fsp3) is 0.242. The third-order valence-electron chi connectivity index (χ3n) is 14.5. The summed E-state index contributed by atoms with van der Waals surface area (Å²) >= 11 is 0. The summed E-state index contributed by atoms with van der Waals surface area (Å²) in [6, 6.07) is 52.9.